The van der Waals surface area contributed by atoms with Gasteiger partial charge in [-0.3, -0.25) is 4.90 Å². The molecule has 0 aliphatic carbocycles. The first-order valence-electron chi connectivity index (χ1n) is 9.19. The van der Waals surface area contributed by atoms with Gasteiger partial charge in [0, 0.05) is 6.54 Å². The van der Waals surface area contributed by atoms with E-state index in [0.717, 1.165) is 19.5 Å². The molecule has 0 atom stereocenters. The lowest BCUT2D eigenvalue weighted by Gasteiger charge is -2.39. The zero-order chi connectivity index (χ0) is 16.9. The minimum absolute atomic E-state index is 0.00943. The van der Waals surface area contributed by atoms with E-state index in [1.54, 1.807) is 0 Å². The van der Waals surface area contributed by atoms with Crippen LogP contribution < -0.4 is 0 Å². The van der Waals surface area contributed by atoms with Gasteiger partial charge in [-0.2, -0.15) is 0 Å². The Morgan fingerprint density at radius 1 is 0.875 bits per heavy atom. The van der Waals surface area contributed by atoms with Gasteiger partial charge in [-0.15, -0.1) is 0 Å². The molecule has 2 nitrogen and oxygen atoms in total. The summed E-state index contributed by atoms with van der Waals surface area (Å²) >= 11 is 0. The minimum Gasteiger partial charge on any atom is -0.309 e. The second-order valence-electron chi connectivity index (χ2n) is 7.69. The molecule has 2 aromatic carbocycles. The Morgan fingerprint density at radius 3 is 1.83 bits per heavy atom. The van der Waals surface area contributed by atoms with E-state index in [-0.39, 0.29) is 11.1 Å². The smallest absolute Gasteiger partial charge is 0.0729 e. The minimum atomic E-state index is 0.00943. The van der Waals surface area contributed by atoms with Gasteiger partial charge in [-0.05, 0) is 62.7 Å². The van der Waals surface area contributed by atoms with E-state index in [4.69, 9.17) is 0 Å². The lowest BCUT2D eigenvalue weighted by molar-refractivity contribution is 0.0784. The van der Waals surface area contributed by atoms with E-state index in [2.05, 4.69) is 86.3 Å². The van der Waals surface area contributed by atoms with Gasteiger partial charge in [0.1, 0.15) is 0 Å². The SMILES string of the molecule is CCC12c3ccccc3C(C)(c3ccccc31)N2CCCN(C)C. The molecule has 0 saturated carbocycles. The summed E-state index contributed by atoms with van der Waals surface area (Å²) in [6.45, 7) is 7.05. The van der Waals surface area contributed by atoms with Crippen LogP contribution >= 0.6 is 0 Å². The number of rotatable bonds is 5. The molecule has 4 rings (SSSR count). The van der Waals surface area contributed by atoms with Crippen LogP contribution in [0.4, 0.5) is 0 Å². The number of benzene rings is 2. The molecule has 24 heavy (non-hydrogen) atoms. The van der Waals surface area contributed by atoms with Crippen molar-refractivity contribution in [2.24, 2.45) is 0 Å². The van der Waals surface area contributed by atoms with E-state index in [1.165, 1.54) is 28.7 Å². The van der Waals surface area contributed by atoms with Gasteiger partial charge >= 0.3 is 0 Å². The van der Waals surface area contributed by atoms with E-state index >= 15 is 0 Å². The van der Waals surface area contributed by atoms with E-state index < -0.39 is 0 Å². The maximum atomic E-state index is 2.79. The second-order valence-corrected chi connectivity index (χ2v) is 7.69. The molecule has 0 N–H and O–H groups in total. The fourth-order valence-electron chi connectivity index (χ4n) is 5.32. The highest BCUT2D eigenvalue weighted by atomic mass is 15.3. The number of hydrogen-bond acceptors (Lipinski definition) is 2. The predicted octanol–water partition coefficient (Wildman–Crippen LogP) is 4.18. The van der Waals surface area contributed by atoms with Gasteiger partial charge in [-0.1, -0.05) is 55.5 Å². The molecule has 0 spiro atoms. The van der Waals surface area contributed by atoms with Gasteiger partial charge in [0.2, 0.25) is 0 Å². The maximum absolute atomic E-state index is 2.79. The van der Waals surface area contributed by atoms with Crippen molar-refractivity contribution in [1.29, 1.82) is 0 Å². The molecular formula is C22H28N2. The molecule has 0 saturated heterocycles. The first kappa shape index (κ1) is 15.9. The molecule has 0 amide bonds. The Kier molecular flexibility index (Phi) is 3.59. The zero-order valence-electron chi connectivity index (χ0n) is 15.3. The summed E-state index contributed by atoms with van der Waals surface area (Å²) in [4.78, 5) is 5.08. The van der Waals surface area contributed by atoms with Gasteiger partial charge in [0.05, 0.1) is 11.1 Å². The van der Waals surface area contributed by atoms with Crippen LogP contribution in [0.3, 0.4) is 0 Å². The Morgan fingerprint density at radius 2 is 1.38 bits per heavy atom. The van der Waals surface area contributed by atoms with Crippen LogP contribution in [0, 0.1) is 0 Å². The number of nitrogens with zero attached hydrogens (tertiary/aromatic N) is 2. The van der Waals surface area contributed by atoms with Crippen molar-refractivity contribution in [3.63, 3.8) is 0 Å². The van der Waals surface area contributed by atoms with Gasteiger partial charge in [-0.25, -0.2) is 0 Å². The van der Waals surface area contributed by atoms with Crippen LogP contribution in [0.1, 0.15) is 48.9 Å². The monoisotopic (exact) mass is 320 g/mol. The third-order valence-corrected chi connectivity index (χ3v) is 6.29. The predicted molar refractivity (Wildman–Crippen MR) is 100 cm³/mol. The molecular weight excluding hydrogens is 292 g/mol. The van der Waals surface area contributed by atoms with Crippen LogP contribution in [-0.2, 0) is 11.1 Å². The van der Waals surface area contributed by atoms with Crippen molar-refractivity contribution >= 4 is 0 Å². The standard InChI is InChI=1S/C22H28N2/c1-5-22-19-13-8-6-11-17(19)21(2,18-12-7-9-14-20(18)22)24(22)16-10-15-23(3)4/h6-9,11-14H,5,10,15-16H2,1-4H3. The third kappa shape index (κ3) is 1.79. The summed E-state index contributed by atoms with van der Waals surface area (Å²) in [5.74, 6) is 0. The summed E-state index contributed by atoms with van der Waals surface area (Å²) in [5, 5.41) is 0. The summed E-state index contributed by atoms with van der Waals surface area (Å²) in [7, 11) is 4.33. The molecule has 0 radical (unpaired) electrons. The first-order valence-corrected chi connectivity index (χ1v) is 9.19. The van der Waals surface area contributed by atoms with Crippen molar-refractivity contribution < 1.29 is 0 Å². The molecule has 2 heteroatoms. The van der Waals surface area contributed by atoms with Crippen LogP contribution in [-0.4, -0.2) is 37.0 Å². The molecule has 126 valence electrons. The van der Waals surface area contributed by atoms with Crippen molar-refractivity contribution in [2.45, 2.75) is 37.8 Å². The summed E-state index contributed by atoms with van der Waals surface area (Å²) in [5.41, 5.74) is 6.13. The van der Waals surface area contributed by atoms with Crippen LogP contribution in [0.5, 0.6) is 0 Å². The van der Waals surface area contributed by atoms with E-state index in [1.807, 2.05) is 0 Å². The third-order valence-electron chi connectivity index (χ3n) is 6.29. The van der Waals surface area contributed by atoms with Crippen LogP contribution in [0.25, 0.3) is 0 Å². The van der Waals surface area contributed by atoms with Crippen molar-refractivity contribution in [3.05, 3.63) is 70.8 Å². The number of fused-ring (bicyclic) bond motifs is 8. The van der Waals surface area contributed by atoms with Gasteiger partial charge in [0.15, 0.2) is 0 Å². The molecule has 0 unspecified atom stereocenters. The molecule has 2 bridgehead atoms. The molecule has 2 aliphatic heterocycles. The molecule has 2 heterocycles. The highest BCUT2D eigenvalue weighted by molar-refractivity contribution is 5.64. The Labute approximate surface area is 146 Å². The largest absolute Gasteiger partial charge is 0.309 e. The molecule has 0 fully saturated rings. The summed E-state index contributed by atoms with van der Waals surface area (Å²) in [6.07, 6.45) is 2.32. The lowest BCUT2D eigenvalue weighted by Crippen LogP contribution is -2.45. The van der Waals surface area contributed by atoms with E-state index in [0.29, 0.717) is 0 Å². The quantitative estimate of drug-likeness (QED) is 0.815. The van der Waals surface area contributed by atoms with Gasteiger partial charge < -0.3 is 4.90 Å². The second kappa shape index (κ2) is 5.44. The van der Waals surface area contributed by atoms with Crippen LogP contribution in [0.15, 0.2) is 48.5 Å². The highest BCUT2D eigenvalue weighted by Gasteiger charge is 2.62. The Hall–Kier alpha value is -1.64. The van der Waals surface area contributed by atoms with Crippen LogP contribution in [0.2, 0.25) is 0 Å². The van der Waals surface area contributed by atoms with Gasteiger partial charge in [0.25, 0.3) is 0 Å². The van der Waals surface area contributed by atoms with E-state index in [9.17, 15) is 0 Å². The number of hydrogen-bond donors (Lipinski definition) is 0. The first-order chi connectivity index (χ1) is 11.6. The normalized spacial score (nSPS) is 27.5. The average Bonchev–Trinajstić information content (AvgIpc) is 2.95. The molecule has 2 aromatic rings. The van der Waals surface area contributed by atoms with Crippen molar-refractivity contribution in [3.8, 4) is 0 Å². The lowest BCUT2D eigenvalue weighted by atomic mass is 9.72. The highest BCUT2D eigenvalue weighted by Crippen LogP contribution is 2.64. The Bertz CT molecular complexity index is 715. The van der Waals surface area contributed by atoms with Crippen molar-refractivity contribution in [1.82, 2.24) is 9.80 Å². The fraction of sp³-hybridized carbons (Fsp3) is 0.455. The average molecular weight is 320 g/mol. The van der Waals surface area contributed by atoms with Crippen molar-refractivity contribution in [2.75, 3.05) is 27.2 Å². The molecule has 2 aliphatic rings. The maximum Gasteiger partial charge on any atom is 0.0729 e. The summed E-state index contributed by atoms with van der Waals surface area (Å²) < 4.78 is 0. The zero-order valence-corrected chi connectivity index (χ0v) is 15.3. The fourth-order valence-corrected chi connectivity index (χ4v) is 5.32. The topological polar surface area (TPSA) is 6.48 Å². The molecule has 0 aromatic heterocycles. The summed E-state index contributed by atoms with van der Waals surface area (Å²) in [6, 6.07) is 18.2. The Balaban J connectivity index is 1.88.